The Kier molecular flexibility index (Phi) is 3.50. The molecule has 0 aromatic rings. The summed E-state index contributed by atoms with van der Waals surface area (Å²) < 4.78 is 4.20. The van der Waals surface area contributed by atoms with E-state index < -0.39 is 40.9 Å². The average molecular weight is 256 g/mol. The third kappa shape index (κ3) is 2.09. The quantitative estimate of drug-likeness (QED) is 0.456. The van der Waals surface area contributed by atoms with Gasteiger partial charge in [0.2, 0.25) is 11.4 Å². The Morgan fingerprint density at radius 3 is 2.44 bits per heavy atom. The molecule has 0 saturated carbocycles. The van der Waals surface area contributed by atoms with Crippen LogP contribution in [0, 0.1) is 0 Å². The highest BCUT2D eigenvalue weighted by Crippen LogP contribution is 2.25. The standard InChI is InChI=1S/C11H12O7/c1-10(16,9(15)18-2)8(14)11(17)5-6(12)3-4-7(11)13/h3-4,16-17H,5H2,1-2H3. The second-order valence-electron chi connectivity index (χ2n) is 4.09. The molecule has 0 aliphatic heterocycles. The highest BCUT2D eigenvalue weighted by Gasteiger charge is 2.56. The Morgan fingerprint density at radius 2 is 1.94 bits per heavy atom. The molecule has 0 heterocycles. The summed E-state index contributed by atoms with van der Waals surface area (Å²) in [5.41, 5.74) is -5.44. The van der Waals surface area contributed by atoms with Crippen LogP contribution >= 0.6 is 0 Å². The molecule has 98 valence electrons. The van der Waals surface area contributed by atoms with E-state index in [9.17, 15) is 29.4 Å². The minimum absolute atomic E-state index is 0.661. The summed E-state index contributed by atoms with van der Waals surface area (Å²) in [4.78, 5) is 45.8. The molecular weight excluding hydrogens is 244 g/mol. The first-order valence-corrected chi connectivity index (χ1v) is 4.99. The number of ether oxygens (including phenoxy) is 1. The molecule has 1 rings (SSSR count). The molecule has 0 fully saturated rings. The molecule has 0 aromatic carbocycles. The largest absolute Gasteiger partial charge is 0.467 e. The molecule has 0 aromatic heterocycles. The number of aliphatic hydroxyl groups is 2. The number of carbonyl (C=O) groups is 4. The fourth-order valence-electron chi connectivity index (χ4n) is 1.59. The fourth-order valence-corrected chi connectivity index (χ4v) is 1.59. The molecule has 0 saturated heterocycles. The molecular formula is C11H12O7. The number of hydrogen-bond acceptors (Lipinski definition) is 7. The summed E-state index contributed by atoms with van der Waals surface area (Å²) in [6.07, 6.45) is 0.836. The zero-order valence-corrected chi connectivity index (χ0v) is 9.80. The van der Waals surface area contributed by atoms with Gasteiger partial charge in [-0.3, -0.25) is 14.4 Å². The second kappa shape index (κ2) is 4.43. The Morgan fingerprint density at radius 1 is 1.39 bits per heavy atom. The Bertz CT molecular complexity index is 460. The molecule has 0 amide bonds. The third-order valence-corrected chi connectivity index (χ3v) is 2.66. The summed E-state index contributed by atoms with van der Waals surface area (Å²) in [6.45, 7) is 0.787. The lowest BCUT2D eigenvalue weighted by Gasteiger charge is -2.30. The van der Waals surface area contributed by atoms with Crippen LogP contribution in [-0.4, -0.2) is 51.8 Å². The van der Waals surface area contributed by atoms with Crippen LogP contribution in [0.1, 0.15) is 13.3 Å². The first-order valence-electron chi connectivity index (χ1n) is 4.99. The number of hydrogen-bond donors (Lipinski definition) is 2. The molecule has 7 nitrogen and oxygen atoms in total. The highest BCUT2D eigenvalue weighted by molar-refractivity contribution is 6.26. The van der Waals surface area contributed by atoms with E-state index >= 15 is 0 Å². The number of methoxy groups -OCH3 is 1. The van der Waals surface area contributed by atoms with Gasteiger partial charge in [-0.15, -0.1) is 0 Å². The van der Waals surface area contributed by atoms with Crippen molar-refractivity contribution in [2.24, 2.45) is 0 Å². The molecule has 7 heteroatoms. The van der Waals surface area contributed by atoms with Gasteiger partial charge in [-0.25, -0.2) is 4.79 Å². The number of allylic oxidation sites excluding steroid dienone is 1. The fraction of sp³-hybridized carbons (Fsp3) is 0.455. The van der Waals surface area contributed by atoms with Gasteiger partial charge in [-0.05, 0) is 19.1 Å². The van der Waals surface area contributed by atoms with Gasteiger partial charge in [-0.2, -0.15) is 0 Å². The van der Waals surface area contributed by atoms with E-state index in [2.05, 4.69) is 4.74 Å². The molecule has 0 bridgehead atoms. The van der Waals surface area contributed by atoms with E-state index in [0.717, 1.165) is 26.2 Å². The van der Waals surface area contributed by atoms with Gasteiger partial charge in [0, 0.05) is 0 Å². The van der Waals surface area contributed by atoms with Crippen molar-refractivity contribution in [1.82, 2.24) is 0 Å². The Hall–Kier alpha value is -1.86. The van der Waals surface area contributed by atoms with Crippen molar-refractivity contribution >= 4 is 23.3 Å². The van der Waals surface area contributed by atoms with Crippen molar-refractivity contribution in [3.63, 3.8) is 0 Å². The lowest BCUT2D eigenvalue weighted by Crippen LogP contribution is -2.60. The van der Waals surface area contributed by atoms with Crippen molar-refractivity contribution in [2.45, 2.75) is 24.5 Å². The van der Waals surface area contributed by atoms with Crippen molar-refractivity contribution < 1.29 is 34.1 Å². The zero-order valence-electron chi connectivity index (χ0n) is 9.80. The number of esters is 1. The summed E-state index contributed by atoms with van der Waals surface area (Å²) in [5, 5.41) is 19.6. The predicted octanol–water partition coefficient (Wildman–Crippen LogP) is -1.69. The van der Waals surface area contributed by atoms with Crippen LogP contribution in [0.3, 0.4) is 0 Å². The van der Waals surface area contributed by atoms with E-state index in [1.807, 2.05) is 0 Å². The molecule has 2 N–H and O–H groups in total. The smallest absolute Gasteiger partial charge is 0.345 e. The monoisotopic (exact) mass is 256 g/mol. The minimum atomic E-state index is -2.73. The molecule has 0 radical (unpaired) electrons. The number of Topliss-reactive ketones (excluding diaryl/α,β-unsaturated/α-hetero) is 1. The highest BCUT2D eigenvalue weighted by atomic mass is 16.5. The van der Waals surface area contributed by atoms with Crippen molar-refractivity contribution in [3.05, 3.63) is 12.2 Å². The van der Waals surface area contributed by atoms with Crippen molar-refractivity contribution in [2.75, 3.05) is 7.11 Å². The average Bonchev–Trinajstić information content (AvgIpc) is 2.32. The number of ketones is 3. The molecule has 18 heavy (non-hydrogen) atoms. The van der Waals surface area contributed by atoms with Crippen molar-refractivity contribution in [1.29, 1.82) is 0 Å². The molecule has 0 spiro atoms. The zero-order chi connectivity index (χ0) is 14.1. The molecule has 1 aliphatic carbocycles. The van der Waals surface area contributed by atoms with Gasteiger partial charge < -0.3 is 14.9 Å². The van der Waals surface area contributed by atoms with Crippen LogP contribution in [0.2, 0.25) is 0 Å². The van der Waals surface area contributed by atoms with Crippen LogP contribution in [0.25, 0.3) is 0 Å². The van der Waals surface area contributed by atoms with Gasteiger partial charge in [0.05, 0.1) is 13.5 Å². The van der Waals surface area contributed by atoms with Crippen LogP contribution in [0.4, 0.5) is 0 Å². The van der Waals surface area contributed by atoms with Gasteiger partial charge >= 0.3 is 5.97 Å². The minimum Gasteiger partial charge on any atom is -0.467 e. The van der Waals surface area contributed by atoms with Gasteiger partial charge in [-0.1, -0.05) is 0 Å². The summed E-state index contributed by atoms with van der Waals surface area (Å²) in [7, 11) is 0.932. The maximum absolute atomic E-state index is 11.9. The van der Waals surface area contributed by atoms with Gasteiger partial charge in [0.25, 0.3) is 0 Å². The first kappa shape index (κ1) is 14.2. The predicted molar refractivity (Wildman–Crippen MR) is 56.4 cm³/mol. The van der Waals surface area contributed by atoms with Crippen LogP contribution in [0.5, 0.6) is 0 Å². The maximum atomic E-state index is 11.9. The van der Waals surface area contributed by atoms with Gasteiger partial charge in [0.1, 0.15) is 0 Å². The van der Waals surface area contributed by atoms with E-state index in [1.165, 1.54) is 0 Å². The molecule has 2 unspecified atom stereocenters. The summed E-state index contributed by atoms with van der Waals surface area (Å²) in [5.74, 6) is -4.53. The summed E-state index contributed by atoms with van der Waals surface area (Å²) >= 11 is 0. The van der Waals surface area contributed by atoms with Gasteiger partial charge in [0.15, 0.2) is 17.2 Å². The maximum Gasteiger partial charge on any atom is 0.345 e. The van der Waals surface area contributed by atoms with Crippen LogP contribution in [0.15, 0.2) is 12.2 Å². The van der Waals surface area contributed by atoms with Crippen LogP contribution in [-0.2, 0) is 23.9 Å². The van der Waals surface area contributed by atoms with Crippen LogP contribution < -0.4 is 0 Å². The van der Waals surface area contributed by atoms with E-state index in [0.29, 0.717) is 0 Å². The van der Waals surface area contributed by atoms with E-state index in [4.69, 9.17) is 0 Å². The topological polar surface area (TPSA) is 118 Å². The number of carbonyl (C=O) groups excluding carboxylic acids is 4. The SMILES string of the molecule is COC(=O)C(C)(O)C(=O)C1(O)CC(=O)C=CC1=O. The van der Waals surface area contributed by atoms with Crippen molar-refractivity contribution in [3.8, 4) is 0 Å². The summed E-state index contributed by atoms with van der Waals surface area (Å²) in [6, 6.07) is 0. The third-order valence-electron chi connectivity index (χ3n) is 2.66. The second-order valence-corrected chi connectivity index (χ2v) is 4.09. The number of rotatable bonds is 3. The molecule has 1 aliphatic rings. The normalized spacial score (nSPS) is 26.7. The van der Waals surface area contributed by atoms with E-state index in [-0.39, 0.29) is 0 Å². The molecule has 2 atom stereocenters. The Balaban J connectivity index is 3.17. The Labute approximate surface area is 102 Å². The first-order chi connectivity index (χ1) is 8.16. The van der Waals surface area contributed by atoms with E-state index in [1.54, 1.807) is 0 Å². The lowest BCUT2D eigenvalue weighted by molar-refractivity contribution is -0.177. The lowest BCUT2D eigenvalue weighted by atomic mass is 9.77.